The summed E-state index contributed by atoms with van der Waals surface area (Å²) in [5.41, 5.74) is 0.878. The third kappa shape index (κ3) is 4.64. The number of ether oxygens (including phenoxy) is 1. The van der Waals surface area contributed by atoms with Gasteiger partial charge in [-0.15, -0.1) is 0 Å². The first-order chi connectivity index (χ1) is 8.09. The van der Waals surface area contributed by atoms with Crippen LogP contribution >= 0.6 is 0 Å². The zero-order chi connectivity index (χ0) is 12.7. The lowest BCUT2D eigenvalue weighted by Crippen LogP contribution is -2.43. The number of hydrogen-bond donors (Lipinski definition) is 0. The van der Waals surface area contributed by atoms with Gasteiger partial charge in [-0.3, -0.25) is 9.78 Å². The van der Waals surface area contributed by atoms with E-state index in [0.29, 0.717) is 0 Å². The summed E-state index contributed by atoms with van der Waals surface area (Å²) in [6.45, 7) is 1.84. The molecule has 0 amide bonds. The lowest BCUT2D eigenvalue weighted by atomic mass is 10.2. The quantitative estimate of drug-likeness (QED) is 0.562. The summed E-state index contributed by atoms with van der Waals surface area (Å²) >= 11 is 0. The first-order valence-corrected chi connectivity index (χ1v) is 7.77. The van der Waals surface area contributed by atoms with Crippen LogP contribution in [0.25, 0.3) is 0 Å². The van der Waals surface area contributed by atoms with E-state index < -0.39 is 8.56 Å². The molecule has 94 valence electrons. The molecule has 0 atom stereocenters. The SMILES string of the molecule is CO[Si](C)(COC(=O)Cc1ccncc1)OC. The van der Waals surface area contributed by atoms with Gasteiger partial charge >= 0.3 is 14.5 Å². The molecule has 0 aliphatic heterocycles. The molecule has 0 saturated heterocycles. The van der Waals surface area contributed by atoms with Crippen molar-refractivity contribution in [3.63, 3.8) is 0 Å². The molecule has 0 radical (unpaired) electrons. The number of nitrogens with zero attached hydrogens (tertiary/aromatic N) is 1. The number of pyridine rings is 1. The number of esters is 1. The van der Waals surface area contributed by atoms with Gasteiger partial charge in [0.1, 0.15) is 6.23 Å². The van der Waals surface area contributed by atoms with Gasteiger partial charge in [0.05, 0.1) is 6.42 Å². The molecule has 0 aliphatic rings. The number of carbonyl (C=O) groups excluding carboxylic acids is 1. The van der Waals surface area contributed by atoms with Gasteiger partial charge in [0.2, 0.25) is 0 Å². The van der Waals surface area contributed by atoms with Gasteiger partial charge in [0.25, 0.3) is 0 Å². The van der Waals surface area contributed by atoms with Crippen molar-refractivity contribution < 1.29 is 18.4 Å². The molecular formula is C11H17NO4Si. The first-order valence-electron chi connectivity index (χ1n) is 5.24. The minimum atomic E-state index is -2.33. The summed E-state index contributed by atoms with van der Waals surface area (Å²) in [6.07, 6.45) is 3.72. The molecule has 17 heavy (non-hydrogen) atoms. The second-order valence-corrected chi connectivity index (χ2v) is 7.11. The zero-order valence-corrected chi connectivity index (χ0v) is 11.3. The van der Waals surface area contributed by atoms with E-state index in [1.165, 1.54) is 0 Å². The number of carbonyl (C=O) groups is 1. The lowest BCUT2D eigenvalue weighted by molar-refractivity contribution is -0.141. The maximum Gasteiger partial charge on any atom is 0.373 e. The van der Waals surface area contributed by atoms with Gasteiger partial charge in [-0.2, -0.15) is 0 Å². The van der Waals surface area contributed by atoms with E-state index in [2.05, 4.69) is 4.98 Å². The maximum atomic E-state index is 11.6. The van der Waals surface area contributed by atoms with Crippen LogP contribution < -0.4 is 0 Å². The summed E-state index contributed by atoms with van der Waals surface area (Å²) < 4.78 is 15.6. The second-order valence-electron chi connectivity index (χ2n) is 3.73. The third-order valence-electron chi connectivity index (χ3n) is 2.46. The van der Waals surface area contributed by atoms with E-state index >= 15 is 0 Å². The Morgan fingerprint density at radius 3 is 2.41 bits per heavy atom. The summed E-state index contributed by atoms with van der Waals surface area (Å²) in [7, 11) is 0.791. The van der Waals surface area contributed by atoms with Gasteiger partial charge in [0.15, 0.2) is 0 Å². The second kappa shape index (κ2) is 6.48. The summed E-state index contributed by atoms with van der Waals surface area (Å²) in [5.74, 6) is -0.288. The fourth-order valence-corrected chi connectivity index (χ4v) is 1.96. The topological polar surface area (TPSA) is 57.7 Å². The van der Waals surface area contributed by atoms with Crippen molar-refractivity contribution in [3.8, 4) is 0 Å². The van der Waals surface area contributed by atoms with Gasteiger partial charge in [-0.1, -0.05) is 0 Å². The highest BCUT2D eigenvalue weighted by atomic mass is 28.4. The smallest absolute Gasteiger partial charge is 0.373 e. The largest absolute Gasteiger partial charge is 0.464 e. The predicted molar refractivity (Wildman–Crippen MR) is 64.5 cm³/mol. The molecule has 1 aromatic rings. The molecule has 0 aliphatic carbocycles. The molecule has 0 spiro atoms. The Morgan fingerprint density at radius 2 is 1.88 bits per heavy atom. The van der Waals surface area contributed by atoms with Crippen LogP contribution in [0.3, 0.4) is 0 Å². The average molecular weight is 255 g/mol. The molecule has 0 unspecified atom stereocenters. The van der Waals surface area contributed by atoms with Crippen LogP contribution in [0.15, 0.2) is 24.5 Å². The van der Waals surface area contributed by atoms with Gasteiger partial charge in [0, 0.05) is 26.6 Å². The Morgan fingerprint density at radius 1 is 1.29 bits per heavy atom. The van der Waals surface area contributed by atoms with E-state index in [0.717, 1.165) is 5.56 Å². The molecule has 5 nitrogen and oxygen atoms in total. The predicted octanol–water partition coefficient (Wildman–Crippen LogP) is 1.07. The molecule has 0 aromatic carbocycles. The van der Waals surface area contributed by atoms with Crippen molar-refractivity contribution in [2.24, 2.45) is 0 Å². The normalized spacial score (nSPS) is 11.2. The molecule has 0 bridgehead atoms. The van der Waals surface area contributed by atoms with Crippen LogP contribution in [0.2, 0.25) is 6.55 Å². The highest BCUT2D eigenvalue weighted by molar-refractivity contribution is 6.65. The van der Waals surface area contributed by atoms with Gasteiger partial charge in [-0.05, 0) is 24.2 Å². The molecule has 6 heteroatoms. The number of hydrogen-bond acceptors (Lipinski definition) is 5. The van der Waals surface area contributed by atoms with Crippen LogP contribution in [-0.4, -0.2) is 40.0 Å². The summed E-state index contributed by atoms with van der Waals surface area (Å²) in [6, 6.07) is 3.56. The van der Waals surface area contributed by atoms with E-state index in [4.69, 9.17) is 13.6 Å². The van der Waals surface area contributed by atoms with Crippen LogP contribution in [0.5, 0.6) is 0 Å². The third-order valence-corrected chi connectivity index (χ3v) is 4.85. The summed E-state index contributed by atoms with van der Waals surface area (Å²) in [5, 5.41) is 0. The Bertz CT molecular complexity index is 354. The molecule has 0 saturated carbocycles. The highest BCUT2D eigenvalue weighted by Crippen LogP contribution is 2.06. The molecule has 1 heterocycles. The van der Waals surface area contributed by atoms with Crippen LogP contribution in [-0.2, 0) is 24.8 Å². The van der Waals surface area contributed by atoms with E-state index in [1.54, 1.807) is 38.7 Å². The molecule has 0 fully saturated rings. The van der Waals surface area contributed by atoms with E-state index in [-0.39, 0.29) is 18.6 Å². The van der Waals surface area contributed by atoms with Crippen LogP contribution in [0.1, 0.15) is 5.56 Å². The highest BCUT2D eigenvalue weighted by Gasteiger charge is 2.31. The molecule has 1 aromatic heterocycles. The number of aromatic nitrogens is 1. The summed E-state index contributed by atoms with van der Waals surface area (Å²) in [4.78, 5) is 15.4. The van der Waals surface area contributed by atoms with Gasteiger partial charge in [-0.25, -0.2) is 0 Å². The molecule has 1 rings (SSSR count). The first kappa shape index (κ1) is 13.8. The lowest BCUT2D eigenvalue weighted by Gasteiger charge is -2.21. The zero-order valence-electron chi connectivity index (χ0n) is 10.3. The Hall–Kier alpha value is -1.24. The van der Waals surface area contributed by atoms with Crippen molar-refractivity contribution in [2.75, 3.05) is 20.4 Å². The Kier molecular flexibility index (Phi) is 5.27. The van der Waals surface area contributed by atoms with Crippen molar-refractivity contribution in [1.29, 1.82) is 0 Å². The van der Waals surface area contributed by atoms with Crippen molar-refractivity contribution in [2.45, 2.75) is 13.0 Å². The fourth-order valence-electron chi connectivity index (χ4n) is 1.13. The van der Waals surface area contributed by atoms with Crippen LogP contribution in [0, 0.1) is 0 Å². The van der Waals surface area contributed by atoms with Crippen molar-refractivity contribution >= 4 is 14.5 Å². The maximum absolute atomic E-state index is 11.6. The van der Waals surface area contributed by atoms with Gasteiger partial charge < -0.3 is 13.6 Å². The monoisotopic (exact) mass is 255 g/mol. The molecule has 0 N–H and O–H groups in total. The Labute approximate surface area is 102 Å². The van der Waals surface area contributed by atoms with Crippen molar-refractivity contribution in [1.82, 2.24) is 4.98 Å². The fraction of sp³-hybridized carbons (Fsp3) is 0.455. The molecular weight excluding hydrogens is 238 g/mol. The van der Waals surface area contributed by atoms with Crippen LogP contribution in [0.4, 0.5) is 0 Å². The minimum Gasteiger partial charge on any atom is -0.464 e. The standard InChI is InChI=1S/C11H17NO4Si/c1-14-17(3,15-2)9-16-11(13)8-10-4-6-12-7-5-10/h4-7H,8-9H2,1-3H3. The number of rotatable bonds is 6. The van der Waals surface area contributed by atoms with E-state index in [1.807, 2.05) is 6.55 Å². The average Bonchev–Trinajstić information content (AvgIpc) is 2.37. The van der Waals surface area contributed by atoms with Crippen molar-refractivity contribution in [3.05, 3.63) is 30.1 Å². The Balaban J connectivity index is 2.41. The minimum absolute atomic E-state index is 0.198. The van der Waals surface area contributed by atoms with E-state index in [9.17, 15) is 4.79 Å².